The SMILES string of the molecule is CC.CC.CC.CCN(C)CCCN1CCN(CCCN(C)C(C)C)CC1. The lowest BCUT2D eigenvalue weighted by atomic mass is 10.2. The standard InChI is InChI=1S/C17H38N4.3C2H6/c1-6-18(4)9-7-11-20-13-15-21(16-14-20)12-8-10-19(5)17(2)3;3*1-2/h17H,6-16H2,1-5H3;3*1-2H3. The molecule has 0 aromatic rings. The van der Waals surface area contributed by atoms with E-state index in [0.29, 0.717) is 6.04 Å². The van der Waals surface area contributed by atoms with Crippen LogP contribution in [0.5, 0.6) is 0 Å². The fourth-order valence-corrected chi connectivity index (χ4v) is 2.76. The first kappa shape index (κ1) is 31.5. The van der Waals surface area contributed by atoms with Crippen molar-refractivity contribution in [2.75, 3.05) is 73.0 Å². The lowest BCUT2D eigenvalue weighted by molar-refractivity contribution is 0.123. The molecule has 1 aliphatic heterocycles. The predicted molar refractivity (Wildman–Crippen MR) is 127 cm³/mol. The molecule has 0 aromatic heterocycles. The summed E-state index contributed by atoms with van der Waals surface area (Å²) in [5.41, 5.74) is 0. The Morgan fingerprint density at radius 1 is 0.704 bits per heavy atom. The van der Waals surface area contributed by atoms with E-state index in [1.807, 2.05) is 41.5 Å². The summed E-state index contributed by atoms with van der Waals surface area (Å²) in [4.78, 5) is 10.1. The predicted octanol–water partition coefficient (Wildman–Crippen LogP) is 4.75. The smallest absolute Gasteiger partial charge is 0.0110 e. The van der Waals surface area contributed by atoms with Crippen molar-refractivity contribution < 1.29 is 0 Å². The average molecular weight is 389 g/mol. The molecule has 1 heterocycles. The first-order valence-electron chi connectivity index (χ1n) is 11.9. The molecule has 4 nitrogen and oxygen atoms in total. The minimum atomic E-state index is 0.670. The first-order valence-corrected chi connectivity index (χ1v) is 11.9. The van der Waals surface area contributed by atoms with Crippen molar-refractivity contribution in [2.24, 2.45) is 0 Å². The molecule has 0 unspecified atom stereocenters. The van der Waals surface area contributed by atoms with E-state index in [0.717, 1.165) is 0 Å². The second-order valence-corrected chi connectivity index (χ2v) is 6.86. The molecule has 1 rings (SSSR count). The van der Waals surface area contributed by atoms with E-state index in [1.54, 1.807) is 0 Å². The molecular formula is C23H56N4. The maximum Gasteiger partial charge on any atom is 0.0110 e. The van der Waals surface area contributed by atoms with Crippen molar-refractivity contribution >= 4 is 0 Å². The molecule has 1 saturated heterocycles. The van der Waals surface area contributed by atoms with Crippen molar-refractivity contribution in [1.82, 2.24) is 19.6 Å². The molecule has 0 radical (unpaired) electrons. The lowest BCUT2D eigenvalue weighted by Crippen LogP contribution is -2.47. The molecule has 0 aliphatic carbocycles. The summed E-state index contributed by atoms with van der Waals surface area (Å²) < 4.78 is 0. The third-order valence-corrected chi connectivity index (χ3v) is 4.89. The quantitative estimate of drug-likeness (QED) is 0.535. The van der Waals surface area contributed by atoms with Crippen molar-refractivity contribution in [3.8, 4) is 0 Å². The zero-order chi connectivity index (χ0) is 21.7. The van der Waals surface area contributed by atoms with E-state index >= 15 is 0 Å². The molecule has 0 saturated carbocycles. The summed E-state index contributed by atoms with van der Waals surface area (Å²) in [6.45, 7) is 30.0. The highest BCUT2D eigenvalue weighted by Crippen LogP contribution is 2.04. The molecule has 0 bridgehead atoms. The summed E-state index contributed by atoms with van der Waals surface area (Å²) in [7, 11) is 4.45. The van der Waals surface area contributed by atoms with Crippen LogP contribution in [0.15, 0.2) is 0 Å². The number of nitrogens with zero attached hydrogens (tertiary/aromatic N) is 4. The zero-order valence-corrected chi connectivity index (χ0v) is 21.1. The largest absolute Gasteiger partial charge is 0.307 e. The summed E-state index contributed by atoms with van der Waals surface area (Å²) in [6.07, 6.45) is 2.61. The van der Waals surface area contributed by atoms with Crippen molar-refractivity contribution in [1.29, 1.82) is 0 Å². The summed E-state index contributed by atoms with van der Waals surface area (Å²) >= 11 is 0. The van der Waals surface area contributed by atoms with Gasteiger partial charge in [0.1, 0.15) is 0 Å². The van der Waals surface area contributed by atoms with Gasteiger partial charge in [0.25, 0.3) is 0 Å². The zero-order valence-electron chi connectivity index (χ0n) is 21.1. The van der Waals surface area contributed by atoms with Crippen LogP contribution in [0.25, 0.3) is 0 Å². The van der Waals surface area contributed by atoms with Crippen LogP contribution in [0.4, 0.5) is 0 Å². The number of hydrogen-bond acceptors (Lipinski definition) is 4. The number of hydrogen-bond donors (Lipinski definition) is 0. The Morgan fingerprint density at radius 2 is 1.07 bits per heavy atom. The minimum absolute atomic E-state index is 0.670. The molecule has 1 aliphatic rings. The van der Waals surface area contributed by atoms with Crippen LogP contribution in [0.2, 0.25) is 0 Å². The molecular weight excluding hydrogens is 332 g/mol. The van der Waals surface area contributed by atoms with Gasteiger partial charge in [-0.05, 0) is 73.5 Å². The topological polar surface area (TPSA) is 13.0 Å². The van der Waals surface area contributed by atoms with E-state index in [2.05, 4.69) is 54.5 Å². The third-order valence-electron chi connectivity index (χ3n) is 4.89. The second-order valence-electron chi connectivity index (χ2n) is 6.86. The van der Waals surface area contributed by atoms with Gasteiger partial charge >= 0.3 is 0 Å². The highest BCUT2D eigenvalue weighted by atomic mass is 15.3. The number of rotatable bonds is 10. The Bertz CT molecular complexity index is 251. The highest BCUT2D eigenvalue weighted by molar-refractivity contribution is 4.72. The molecule has 0 N–H and O–H groups in total. The van der Waals surface area contributed by atoms with Gasteiger partial charge in [-0.1, -0.05) is 48.5 Å². The van der Waals surface area contributed by atoms with Gasteiger partial charge in [-0.15, -0.1) is 0 Å². The van der Waals surface area contributed by atoms with E-state index in [-0.39, 0.29) is 0 Å². The van der Waals surface area contributed by atoms with Crippen LogP contribution < -0.4 is 0 Å². The second kappa shape index (κ2) is 23.9. The Labute approximate surface area is 174 Å². The van der Waals surface area contributed by atoms with Crippen molar-refractivity contribution in [3.63, 3.8) is 0 Å². The van der Waals surface area contributed by atoms with Crippen LogP contribution in [-0.4, -0.2) is 98.6 Å². The van der Waals surface area contributed by atoms with Gasteiger partial charge in [0.2, 0.25) is 0 Å². The maximum atomic E-state index is 2.64. The van der Waals surface area contributed by atoms with Gasteiger partial charge in [-0.25, -0.2) is 0 Å². The van der Waals surface area contributed by atoms with E-state index in [4.69, 9.17) is 0 Å². The van der Waals surface area contributed by atoms with Crippen molar-refractivity contribution in [2.45, 2.75) is 81.2 Å². The molecule has 0 spiro atoms. The molecule has 0 aromatic carbocycles. The van der Waals surface area contributed by atoms with Crippen LogP contribution in [0.3, 0.4) is 0 Å². The highest BCUT2D eigenvalue weighted by Gasteiger charge is 2.16. The fourth-order valence-electron chi connectivity index (χ4n) is 2.76. The summed E-state index contributed by atoms with van der Waals surface area (Å²) in [6, 6.07) is 0.670. The van der Waals surface area contributed by atoms with Gasteiger partial charge in [0.15, 0.2) is 0 Å². The summed E-state index contributed by atoms with van der Waals surface area (Å²) in [5, 5.41) is 0. The molecule has 4 heteroatoms. The molecule has 0 amide bonds. The normalized spacial score (nSPS) is 14.9. The number of piperazine rings is 1. The van der Waals surface area contributed by atoms with E-state index in [9.17, 15) is 0 Å². The fraction of sp³-hybridized carbons (Fsp3) is 1.00. The van der Waals surface area contributed by atoms with Gasteiger partial charge in [-0.2, -0.15) is 0 Å². The van der Waals surface area contributed by atoms with Gasteiger partial charge in [0.05, 0.1) is 0 Å². The van der Waals surface area contributed by atoms with Crippen molar-refractivity contribution in [3.05, 3.63) is 0 Å². The van der Waals surface area contributed by atoms with Crippen LogP contribution in [0, 0.1) is 0 Å². The van der Waals surface area contributed by atoms with Crippen LogP contribution in [-0.2, 0) is 0 Å². The van der Waals surface area contributed by atoms with E-state index < -0.39 is 0 Å². The maximum absolute atomic E-state index is 2.64. The average Bonchev–Trinajstić information content (AvgIpc) is 2.73. The third kappa shape index (κ3) is 18.9. The first-order chi connectivity index (χ1) is 13.0. The van der Waals surface area contributed by atoms with Gasteiger partial charge < -0.3 is 19.6 Å². The van der Waals surface area contributed by atoms with Crippen LogP contribution >= 0.6 is 0 Å². The molecule has 27 heavy (non-hydrogen) atoms. The monoisotopic (exact) mass is 388 g/mol. The van der Waals surface area contributed by atoms with Gasteiger partial charge in [-0.3, -0.25) is 0 Å². The molecule has 168 valence electrons. The Kier molecular flexibility index (Phi) is 27.9. The summed E-state index contributed by atoms with van der Waals surface area (Å²) in [5.74, 6) is 0. The Hall–Kier alpha value is -0.160. The van der Waals surface area contributed by atoms with Crippen LogP contribution in [0.1, 0.15) is 75.2 Å². The minimum Gasteiger partial charge on any atom is -0.307 e. The lowest BCUT2D eigenvalue weighted by Gasteiger charge is -2.35. The van der Waals surface area contributed by atoms with Gasteiger partial charge in [0, 0.05) is 32.2 Å². The Morgan fingerprint density at radius 3 is 1.41 bits per heavy atom. The van der Waals surface area contributed by atoms with E-state index in [1.165, 1.54) is 71.7 Å². The molecule has 0 atom stereocenters. The Balaban J connectivity index is -0.000000869. The molecule has 1 fully saturated rings.